The van der Waals surface area contributed by atoms with E-state index in [2.05, 4.69) is 5.10 Å². The van der Waals surface area contributed by atoms with Gasteiger partial charge in [-0.25, -0.2) is 0 Å². The number of aryl methyl sites for hydroxylation is 2. The zero-order chi connectivity index (χ0) is 8.43. The fourth-order valence-corrected chi connectivity index (χ4v) is 0.926. The number of nitro groups is 1. The third-order valence-corrected chi connectivity index (χ3v) is 1.41. The van der Waals surface area contributed by atoms with E-state index in [1.54, 1.807) is 7.05 Å². The lowest BCUT2D eigenvalue weighted by atomic mass is 10.3. The highest BCUT2D eigenvalue weighted by Gasteiger charge is 2.15. The Kier molecular flexibility index (Phi) is 1.89. The summed E-state index contributed by atoms with van der Waals surface area (Å²) in [5, 5.41) is 14.3. The summed E-state index contributed by atoms with van der Waals surface area (Å²) in [6, 6.07) is 0. The fraction of sp³-hybridized carbons (Fsp3) is 0.500. The molecule has 0 aliphatic heterocycles. The molecule has 0 atom stereocenters. The second kappa shape index (κ2) is 2.69. The van der Waals surface area contributed by atoms with Crippen molar-refractivity contribution < 1.29 is 4.92 Å². The van der Waals surface area contributed by atoms with Crippen LogP contribution in [-0.4, -0.2) is 14.7 Å². The fourth-order valence-electron chi connectivity index (χ4n) is 0.926. The van der Waals surface area contributed by atoms with Gasteiger partial charge in [-0.2, -0.15) is 5.10 Å². The van der Waals surface area contributed by atoms with Crippen LogP contribution in [0.25, 0.3) is 0 Å². The summed E-state index contributed by atoms with van der Waals surface area (Å²) in [5.41, 5.74) is 0.646. The lowest BCUT2D eigenvalue weighted by molar-refractivity contribution is -0.385. The highest BCUT2D eigenvalue weighted by molar-refractivity contribution is 5.32. The predicted octanol–water partition coefficient (Wildman–Crippen LogP) is 0.891. The molecule has 0 radical (unpaired) electrons. The van der Waals surface area contributed by atoms with Gasteiger partial charge in [-0.15, -0.1) is 0 Å². The first-order chi connectivity index (χ1) is 5.15. The molecule has 0 fully saturated rings. The zero-order valence-corrected chi connectivity index (χ0v) is 6.44. The number of hydrogen-bond donors (Lipinski definition) is 0. The minimum absolute atomic E-state index is 0.106. The molecule has 0 N–H and O–H groups in total. The second-order valence-corrected chi connectivity index (χ2v) is 2.25. The van der Waals surface area contributed by atoms with Crippen LogP contribution >= 0.6 is 0 Å². The average Bonchev–Trinajstić information content (AvgIpc) is 2.30. The van der Waals surface area contributed by atoms with E-state index in [-0.39, 0.29) is 5.69 Å². The van der Waals surface area contributed by atoms with Crippen molar-refractivity contribution in [1.29, 1.82) is 0 Å². The van der Waals surface area contributed by atoms with Gasteiger partial charge < -0.3 is 0 Å². The molecule has 5 nitrogen and oxygen atoms in total. The van der Waals surface area contributed by atoms with Crippen LogP contribution in [0.2, 0.25) is 0 Å². The highest BCUT2D eigenvalue weighted by atomic mass is 16.6. The maximum absolute atomic E-state index is 10.3. The van der Waals surface area contributed by atoms with Crippen LogP contribution < -0.4 is 0 Å². The van der Waals surface area contributed by atoms with Crippen LogP contribution in [0, 0.1) is 10.1 Å². The van der Waals surface area contributed by atoms with Crippen molar-refractivity contribution in [2.24, 2.45) is 7.05 Å². The van der Waals surface area contributed by atoms with Gasteiger partial charge in [0.2, 0.25) is 0 Å². The molecule has 1 heterocycles. The predicted molar refractivity (Wildman–Crippen MR) is 39.2 cm³/mol. The van der Waals surface area contributed by atoms with E-state index < -0.39 is 4.92 Å². The van der Waals surface area contributed by atoms with E-state index >= 15 is 0 Å². The van der Waals surface area contributed by atoms with Gasteiger partial charge in [0.1, 0.15) is 11.9 Å². The van der Waals surface area contributed by atoms with Gasteiger partial charge in [-0.05, 0) is 6.42 Å². The molecule has 11 heavy (non-hydrogen) atoms. The van der Waals surface area contributed by atoms with Crippen LogP contribution in [0.3, 0.4) is 0 Å². The van der Waals surface area contributed by atoms with Crippen LogP contribution in [0.5, 0.6) is 0 Å². The molecule has 0 aliphatic rings. The maximum atomic E-state index is 10.3. The van der Waals surface area contributed by atoms with E-state index in [1.807, 2.05) is 6.92 Å². The van der Waals surface area contributed by atoms with E-state index in [0.29, 0.717) is 12.1 Å². The van der Waals surface area contributed by atoms with E-state index in [9.17, 15) is 10.1 Å². The average molecular weight is 155 g/mol. The van der Waals surface area contributed by atoms with Gasteiger partial charge in [-0.3, -0.25) is 14.8 Å². The Labute approximate surface area is 63.8 Å². The summed E-state index contributed by atoms with van der Waals surface area (Å²) in [6.45, 7) is 1.84. The molecule has 0 saturated heterocycles. The van der Waals surface area contributed by atoms with E-state index in [1.165, 1.54) is 10.9 Å². The molecular formula is C6H9N3O2. The molecule has 0 amide bonds. The molecule has 5 heteroatoms. The Morgan fingerprint density at radius 1 is 1.82 bits per heavy atom. The van der Waals surface area contributed by atoms with Crippen molar-refractivity contribution in [3.63, 3.8) is 0 Å². The van der Waals surface area contributed by atoms with Crippen LogP contribution in [0.4, 0.5) is 5.69 Å². The van der Waals surface area contributed by atoms with Crippen molar-refractivity contribution in [2.45, 2.75) is 13.3 Å². The Balaban J connectivity index is 3.12. The van der Waals surface area contributed by atoms with Gasteiger partial charge in [-0.1, -0.05) is 6.92 Å². The third-order valence-electron chi connectivity index (χ3n) is 1.41. The standard InChI is InChI=1S/C6H9N3O2/c1-3-5-6(9(10)11)4-8(2)7-5/h4H,3H2,1-2H3. The normalized spacial score (nSPS) is 10.0. The largest absolute Gasteiger partial charge is 0.310 e. The monoisotopic (exact) mass is 155 g/mol. The zero-order valence-electron chi connectivity index (χ0n) is 6.44. The number of hydrogen-bond acceptors (Lipinski definition) is 3. The Morgan fingerprint density at radius 2 is 2.45 bits per heavy atom. The third kappa shape index (κ3) is 1.36. The van der Waals surface area contributed by atoms with Gasteiger partial charge >= 0.3 is 5.69 Å². The molecule has 0 aliphatic carbocycles. The number of aromatic nitrogens is 2. The van der Waals surface area contributed by atoms with Gasteiger partial charge in [0.15, 0.2) is 0 Å². The maximum Gasteiger partial charge on any atom is 0.310 e. The van der Waals surface area contributed by atoms with Crippen LogP contribution in [0.15, 0.2) is 6.20 Å². The van der Waals surface area contributed by atoms with Crippen LogP contribution in [0.1, 0.15) is 12.6 Å². The van der Waals surface area contributed by atoms with E-state index in [0.717, 1.165) is 0 Å². The van der Waals surface area contributed by atoms with E-state index in [4.69, 9.17) is 0 Å². The molecule has 0 bridgehead atoms. The lowest BCUT2D eigenvalue weighted by Crippen LogP contribution is -1.91. The quantitative estimate of drug-likeness (QED) is 0.470. The van der Waals surface area contributed by atoms with Gasteiger partial charge in [0.05, 0.1) is 4.92 Å². The highest BCUT2D eigenvalue weighted by Crippen LogP contribution is 2.15. The molecule has 1 aromatic heterocycles. The molecule has 60 valence electrons. The minimum atomic E-state index is -0.411. The van der Waals surface area contributed by atoms with Gasteiger partial charge in [0, 0.05) is 7.05 Å². The smallest absolute Gasteiger partial charge is 0.268 e. The van der Waals surface area contributed by atoms with Crippen molar-refractivity contribution in [1.82, 2.24) is 9.78 Å². The summed E-state index contributed by atoms with van der Waals surface area (Å²) in [5.74, 6) is 0. The Hall–Kier alpha value is -1.39. The molecule has 1 rings (SSSR count). The Morgan fingerprint density at radius 3 is 2.82 bits per heavy atom. The molecule has 0 unspecified atom stereocenters. The molecule has 0 aromatic carbocycles. The molecule has 0 saturated carbocycles. The van der Waals surface area contributed by atoms with Crippen molar-refractivity contribution in [2.75, 3.05) is 0 Å². The molecule has 0 spiro atoms. The van der Waals surface area contributed by atoms with Gasteiger partial charge in [0.25, 0.3) is 0 Å². The first-order valence-corrected chi connectivity index (χ1v) is 3.32. The SMILES string of the molecule is CCc1nn(C)cc1[N+](=O)[O-]. The topological polar surface area (TPSA) is 61.0 Å². The summed E-state index contributed by atoms with van der Waals surface area (Å²) in [4.78, 5) is 9.94. The minimum Gasteiger partial charge on any atom is -0.268 e. The van der Waals surface area contributed by atoms with Crippen LogP contribution in [-0.2, 0) is 13.5 Å². The lowest BCUT2D eigenvalue weighted by Gasteiger charge is -1.86. The first kappa shape index (κ1) is 7.71. The number of nitrogens with zero attached hydrogens (tertiary/aromatic N) is 3. The number of rotatable bonds is 2. The molecule has 1 aromatic rings. The summed E-state index contributed by atoms with van der Waals surface area (Å²) in [6.07, 6.45) is 2.01. The second-order valence-electron chi connectivity index (χ2n) is 2.25. The Bertz CT molecular complexity index is 279. The molecular weight excluding hydrogens is 146 g/mol. The van der Waals surface area contributed by atoms with Crippen molar-refractivity contribution >= 4 is 5.69 Å². The summed E-state index contributed by atoms with van der Waals surface area (Å²) >= 11 is 0. The summed E-state index contributed by atoms with van der Waals surface area (Å²) < 4.78 is 1.46. The van der Waals surface area contributed by atoms with Crippen molar-refractivity contribution in [3.8, 4) is 0 Å². The van der Waals surface area contributed by atoms with Crippen molar-refractivity contribution in [3.05, 3.63) is 22.0 Å². The first-order valence-electron chi connectivity index (χ1n) is 3.32. The summed E-state index contributed by atoms with van der Waals surface area (Å²) in [7, 11) is 1.67.